The summed E-state index contributed by atoms with van der Waals surface area (Å²) in [5.41, 5.74) is 1.16. The second-order valence-electron chi connectivity index (χ2n) is 3.53. The Morgan fingerprint density at radius 2 is 1.62 bits per heavy atom. The first-order chi connectivity index (χ1) is 7.25. The first-order valence-corrected chi connectivity index (χ1v) is 4.66. The molecule has 16 heavy (non-hydrogen) atoms. The summed E-state index contributed by atoms with van der Waals surface area (Å²) in [4.78, 5) is 15.0. The van der Waals surface area contributed by atoms with Gasteiger partial charge in [-0.25, -0.2) is 5.48 Å². The Hall–Kier alpha value is -0.920. The van der Waals surface area contributed by atoms with Crippen LogP contribution in [0.2, 0.25) is 0 Å². The lowest BCUT2D eigenvalue weighted by Gasteiger charge is -2.19. The van der Waals surface area contributed by atoms with Crippen molar-refractivity contribution in [3.8, 4) is 0 Å². The smallest absolute Gasteiger partial charge is 0.270 e. The van der Waals surface area contributed by atoms with Gasteiger partial charge in [0.05, 0.1) is 6.10 Å². The molecule has 0 heterocycles. The van der Waals surface area contributed by atoms with Crippen LogP contribution in [0.25, 0.3) is 0 Å². The maximum atomic E-state index is 12.4. The van der Waals surface area contributed by atoms with E-state index in [9.17, 15) is 26.7 Å². The second kappa shape index (κ2) is 4.52. The van der Waals surface area contributed by atoms with Gasteiger partial charge in [-0.3, -0.25) is 9.63 Å². The van der Waals surface area contributed by atoms with E-state index < -0.39 is 24.1 Å². The quantitative estimate of drug-likeness (QED) is 0.613. The molecule has 0 aromatic rings. The molecule has 0 unspecified atom stereocenters. The summed E-state index contributed by atoms with van der Waals surface area (Å²) in [7, 11) is 0. The Kier molecular flexibility index (Phi) is 3.72. The zero-order chi connectivity index (χ0) is 12.4. The molecule has 94 valence electrons. The minimum Gasteiger partial charge on any atom is -0.270 e. The van der Waals surface area contributed by atoms with Crippen LogP contribution in [0.3, 0.4) is 0 Å². The van der Waals surface area contributed by atoms with Crippen LogP contribution in [0.15, 0.2) is 0 Å². The van der Waals surface area contributed by atoms with E-state index in [2.05, 4.69) is 4.84 Å². The van der Waals surface area contributed by atoms with E-state index in [1.54, 1.807) is 0 Å². The Morgan fingerprint density at radius 3 is 2.06 bits per heavy atom. The van der Waals surface area contributed by atoms with Crippen molar-refractivity contribution in [1.82, 2.24) is 5.48 Å². The predicted octanol–water partition coefficient (Wildman–Crippen LogP) is 2.17. The van der Waals surface area contributed by atoms with E-state index in [0.29, 0.717) is 12.8 Å². The van der Waals surface area contributed by atoms with E-state index in [4.69, 9.17) is 0 Å². The van der Waals surface area contributed by atoms with Gasteiger partial charge in [-0.2, -0.15) is 22.0 Å². The van der Waals surface area contributed by atoms with E-state index in [1.165, 1.54) is 0 Å². The van der Waals surface area contributed by atoms with E-state index in [0.717, 1.165) is 18.3 Å². The van der Waals surface area contributed by atoms with Crippen molar-refractivity contribution in [2.24, 2.45) is 0 Å². The number of amides is 1. The van der Waals surface area contributed by atoms with Gasteiger partial charge in [0.2, 0.25) is 0 Å². The molecule has 0 aromatic heterocycles. The molecular weight excluding hydrogens is 237 g/mol. The maximum absolute atomic E-state index is 12.4. The molecule has 1 saturated carbocycles. The third-order valence-electron chi connectivity index (χ3n) is 2.26. The van der Waals surface area contributed by atoms with E-state index in [-0.39, 0.29) is 0 Å². The van der Waals surface area contributed by atoms with E-state index >= 15 is 0 Å². The highest BCUT2D eigenvalue weighted by Crippen LogP contribution is 2.35. The van der Waals surface area contributed by atoms with Crippen LogP contribution in [0.4, 0.5) is 22.0 Å². The molecule has 0 spiro atoms. The number of hydroxylamine groups is 1. The molecule has 0 saturated heterocycles. The molecule has 1 fully saturated rings. The lowest BCUT2D eigenvalue weighted by molar-refractivity contribution is -0.274. The monoisotopic (exact) mass is 247 g/mol. The number of carbonyl (C=O) groups is 1. The summed E-state index contributed by atoms with van der Waals surface area (Å²) in [5.74, 6) is -7.90. The van der Waals surface area contributed by atoms with Crippen molar-refractivity contribution in [2.75, 3.05) is 0 Å². The lowest BCUT2D eigenvalue weighted by Crippen LogP contribution is -2.50. The van der Waals surface area contributed by atoms with Crippen molar-refractivity contribution in [3.63, 3.8) is 0 Å². The topological polar surface area (TPSA) is 38.3 Å². The molecule has 0 bridgehead atoms. The average Bonchev–Trinajstić information content (AvgIpc) is 2.64. The number of nitrogens with one attached hydrogen (secondary N) is 1. The first kappa shape index (κ1) is 13.1. The van der Waals surface area contributed by atoms with Crippen LogP contribution in [-0.2, 0) is 9.63 Å². The molecule has 1 amide bonds. The van der Waals surface area contributed by atoms with Crippen LogP contribution < -0.4 is 5.48 Å². The van der Waals surface area contributed by atoms with Crippen LogP contribution in [0, 0.1) is 0 Å². The number of hydrogen-bond acceptors (Lipinski definition) is 2. The van der Waals surface area contributed by atoms with Gasteiger partial charge in [-0.15, -0.1) is 0 Å². The molecule has 0 atom stereocenters. The lowest BCUT2D eigenvalue weighted by atomic mass is 10.3. The minimum absolute atomic E-state index is 0.479. The molecular formula is C8H10F5NO2. The zero-order valence-electron chi connectivity index (χ0n) is 8.11. The molecule has 0 aliphatic heterocycles. The normalized spacial score (nSPS) is 18.8. The zero-order valence-corrected chi connectivity index (χ0v) is 8.11. The Balaban J connectivity index is 2.45. The fourth-order valence-corrected chi connectivity index (χ4v) is 1.34. The standard InChI is InChI=1S/C8H10F5NO2/c9-7(10,8(11,12)13)6(15)14-16-5-3-1-2-4-5/h5H,1-4H2,(H,14,15). The minimum atomic E-state index is -5.91. The number of hydrogen-bond donors (Lipinski definition) is 1. The number of alkyl halides is 5. The highest BCUT2D eigenvalue weighted by Gasteiger charge is 2.63. The second-order valence-corrected chi connectivity index (χ2v) is 3.53. The molecule has 0 radical (unpaired) electrons. The molecule has 1 N–H and O–H groups in total. The number of carbonyl (C=O) groups excluding carboxylic acids is 1. The largest absolute Gasteiger partial charge is 0.463 e. The van der Waals surface area contributed by atoms with Gasteiger partial charge < -0.3 is 0 Å². The van der Waals surface area contributed by atoms with Crippen LogP contribution in [0.5, 0.6) is 0 Å². The van der Waals surface area contributed by atoms with Gasteiger partial charge in [0, 0.05) is 0 Å². The van der Waals surface area contributed by atoms with Gasteiger partial charge in [0.1, 0.15) is 0 Å². The van der Waals surface area contributed by atoms with Crippen LogP contribution >= 0.6 is 0 Å². The fourth-order valence-electron chi connectivity index (χ4n) is 1.34. The Morgan fingerprint density at radius 1 is 1.12 bits per heavy atom. The summed E-state index contributed by atoms with van der Waals surface area (Å²) in [6, 6.07) is 0. The molecule has 1 aliphatic rings. The van der Waals surface area contributed by atoms with Gasteiger partial charge in [-0.1, -0.05) is 12.8 Å². The highest BCUT2D eigenvalue weighted by atomic mass is 19.4. The molecule has 8 heteroatoms. The van der Waals surface area contributed by atoms with Gasteiger partial charge in [0.25, 0.3) is 0 Å². The average molecular weight is 247 g/mol. The predicted molar refractivity (Wildman–Crippen MR) is 42.5 cm³/mol. The van der Waals surface area contributed by atoms with Crippen molar-refractivity contribution < 1.29 is 31.6 Å². The first-order valence-electron chi connectivity index (χ1n) is 4.66. The SMILES string of the molecule is O=C(NOC1CCCC1)C(F)(F)C(F)(F)F. The Bertz CT molecular complexity index is 260. The van der Waals surface area contributed by atoms with E-state index in [1.807, 2.05) is 0 Å². The number of halogens is 5. The molecule has 1 aliphatic carbocycles. The summed E-state index contributed by atoms with van der Waals surface area (Å²) >= 11 is 0. The van der Waals surface area contributed by atoms with Crippen molar-refractivity contribution >= 4 is 5.91 Å². The van der Waals surface area contributed by atoms with Gasteiger partial charge in [0.15, 0.2) is 0 Å². The molecule has 0 aromatic carbocycles. The van der Waals surface area contributed by atoms with Crippen molar-refractivity contribution in [3.05, 3.63) is 0 Å². The van der Waals surface area contributed by atoms with Crippen molar-refractivity contribution in [2.45, 2.75) is 43.9 Å². The van der Waals surface area contributed by atoms with Crippen molar-refractivity contribution in [1.29, 1.82) is 0 Å². The molecule has 1 rings (SSSR count). The maximum Gasteiger partial charge on any atom is 0.463 e. The molecule has 3 nitrogen and oxygen atoms in total. The summed E-state index contributed by atoms with van der Waals surface area (Å²) in [5, 5.41) is 0. The Labute approximate surface area is 87.9 Å². The third kappa shape index (κ3) is 2.81. The summed E-state index contributed by atoms with van der Waals surface area (Å²) in [6.45, 7) is 0. The van der Waals surface area contributed by atoms with Gasteiger partial charge in [-0.05, 0) is 12.8 Å². The number of rotatable bonds is 3. The summed E-state index contributed by atoms with van der Waals surface area (Å²) in [6.07, 6.45) is -3.70. The summed E-state index contributed by atoms with van der Waals surface area (Å²) < 4.78 is 59.9. The van der Waals surface area contributed by atoms with Crippen LogP contribution in [0.1, 0.15) is 25.7 Å². The third-order valence-corrected chi connectivity index (χ3v) is 2.26. The highest BCUT2D eigenvalue weighted by molar-refractivity contribution is 5.83. The van der Waals surface area contributed by atoms with Gasteiger partial charge >= 0.3 is 18.0 Å². The van der Waals surface area contributed by atoms with Crippen LogP contribution in [-0.4, -0.2) is 24.1 Å². The fraction of sp³-hybridized carbons (Fsp3) is 0.875.